The quantitative estimate of drug-likeness (QED) is 0.826. The van der Waals surface area contributed by atoms with Gasteiger partial charge in [0.25, 0.3) is 5.91 Å². The topological polar surface area (TPSA) is 41.6 Å². The molecule has 0 aliphatic rings. The molecule has 0 saturated heterocycles. The van der Waals surface area contributed by atoms with Gasteiger partial charge in [-0.2, -0.15) is 0 Å². The average Bonchev–Trinajstić information content (AvgIpc) is 2.56. The number of halogens is 1. The van der Waals surface area contributed by atoms with Gasteiger partial charge in [-0.25, -0.2) is 4.39 Å². The maximum atomic E-state index is 13.7. The van der Waals surface area contributed by atoms with Crippen LogP contribution in [0.2, 0.25) is 0 Å². The van der Waals surface area contributed by atoms with Crippen molar-refractivity contribution in [1.82, 2.24) is 0 Å². The fourth-order valence-electron chi connectivity index (χ4n) is 2.38. The molecule has 0 aromatic heterocycles. The largest absolute Gasteiger partial charge is 0.494 e. The Hall–Kier alpha value is -2.82. The highest BCUT2D eigenvalue weighted by Gasteiger charge is 2.09. The Morgan fingerprint density at radius 1 is 1.20 bits per heavy atom. The first-order valence-electron chi connectivity index (χ1n) is 7.93. The summed E-state index contributed by atoms with van der Waals surface area (Å²) in [6.07, 6.45) is 1.64. The lowest BCUT2D eigenvalue weighted by atomic mass is 10.1. The summed E-state index contributed by atoms with van der Waals surface area (Å²) >= 11 is 0. The zero-order chi connectivity index (χ0) is 18.6. The molecular weight excluding hydrogens is 319 g/mol. The van der Waals surface area contributed by atoms with E-state index >= 15 is 0 Å². The molecule has 2 aromatic rings. The van der Waals surface area contributed by atoms with Crippen molar-refractivity contribution in [3.05, 3.63) is 58.9 Å². The van der Waals surface area contributed by atoms with Crippen LogP contribution in [0.1, 0.15) is 18.1 Å². The molecule has 0 fully saturated rings. The molecule has 2 rings (SSSR count). The maximum absolute atomic E-state index is 13.7. The first-order valence-corrected chi connectivity index (χ1v) is 7.93. The molecule has 0 aliphatic heterocycles. The molecule has 0 atom stereocenters. The minimum absolute atomic E-state index is 0.177. The number of aryl methyl sites for hydroxylation is 1. The number of nitrogens with one attached hydrogen (secondary N) is 1. The van der Waals surface area contributed by atoms with Gasteiger partial charge in [0.2, 0.25) is 0 Å². The molecule has 0 bridgehead atoms. The fraction of sp³-hybridized carbons (Fsp3) is 0.250. The number of rotatable bonds is 5. The monoisotopic (exact) mass is 342 g/mol. The lowest BCUT2D eigenvalue weighted by Crippen LogP contribution is -2.14. The molecular formula is C20H23FN2O2. The number of amides is 1. The van der Waals surface area contributed by atoms with Gasteiger partial charge in [0.1, 0.15) is 0 Å². The van der Waals surface area contributed by atoms with E-state index in [9.17, 15) is 9.18 Å². The predicted molar refractivity (Wildman–Crippen MR) is 101 cm³/mol. The number of benzene rings is 2. The van der Waals surface area contributed by atoms with Gasteiger partial charge < -0.3 is 15.0 Å². The summed E-state index contributed by atoms with van der Waals surface area (Å²) in [7, 11) is 5.35. The van der Waals surface area contributed by atoms with Crippen LogP contribution in [0.5, 0.6) is 5.75 Å². The van der Waals surface area contributed by atoms with Crippen molar-refractivity contribution in [2.75, 3.05) is 31.4 Å². The highest BCUT2D eigenvalue weighted by molar-refractivity contribution is 6.06. The SMILES string of the molecule is COc1ccc(C=C(C)C(=O)Nc2ccc(N(C)C)cc2C)cc1F. The molecule has 0 unspecified atom stereocenters. The molecule has 5 heteroatoms. The Morgan fingerprint density at radius 2 is 1.92 bits per heavy atom. The molecule has 0 saturated carbocycles. The number of methoxy groups -OCH3 is 1. The van der Waals surface area contributed by atoms with Gasteiger partial charge in [0, 0.05) is 31.0 Å². The third-order valence-electron chi connectivity index (χ3n) is 3.89. The van der Waals surface area contributed by atoms with Crippen molar-refractivity contribution in [2.24, 2.45) is 0 Å². The van der Waals surface area contributed by atoms with Crippen LogP contribution in [-0.2, 0) is 4.79 Å². The maximum Gasteiger partial charge on any atom is 0.251 e. The van der Waals surface area contributed by atoms with Gasteiger partial charge in [0.15, 0.2) is 11.6 Å². The standard InChI is InChI=1S/C20H23FN2O2/c1-13-11-16(23(3)4)7-8-18(13)22-20(24)14(2)10-15-6-9-19(25-5)17(21)12-15/h6-12H,1-5H3,(H,22,24). The number of carbonyl (C=O) groups excluding carboxylic acids is 1. The molecule has 4 nitrogen and oxygen atoms in total. The normalized spacial score (nSPS) is 11.2. The van der Waals surface area contributed by atoms with E-state index in [0.29, 0.717) is 11.1 Å². The van der Waals surface area contributed by atoms with E-state index in [1.807, 2.05) is 44.1 Å². The van der Waals surface area contributed by atoms with Crippen LogP contribution in [0, 0.1) is 12.7 Å². The van der Waals surface area contributed by atoms with E-state index in [1.54, 1.807) is 19.1 Å². The van der Waals surface area contributed by atoms with E-state index in [-0.39, 0.29) is 11.7 Å². The van der Waals surface area contributed by atoms with Gasteiger partial charge in [-0.05, 0) is 61.4 Å². The number of carbonyl (C=O) groups is 1. The highest BCUT2D eigenvalue weighted by Crippen LogP contribution is 2.23. The van der Waals surface area contributed by atoms with Crippen LogP contribution >= 0.6 is 0 Å². The summed E-state index contributed by atoms with van der Waals surface area (Å²) in [5.74, 6) is -0.507. The minimum Gasteiger partial charge on any atom is -0.494 e. The number of nitrogens with zero attached hydrogens (tertiary/aromatic N) is 1. The van der Waals surface area contributed by atoms with E-state index in [0.717, 1.165) is 16.9 Å². The Balaban J connectivity index is 2.16. The molecule has 25 heavy (non-hydrogen) atoms. The van der Waals surface area contributed by atoms with Crippen molar-refractivity contribution in [3.8, 4) is 5.75 Å². The summed E-state index contributed by atoms with van der Waals surface area (Å²) in [4.78, 5) is 14.4. The molecule has 1 amide bonds. The second kappa shape index (κ2) is 7.83. The number of hydrogen-bond donors (Lipinski definition) is 1. The van der Waals surface area contributed by atoms with Crippen LogP contribution < -0.4 is 15.0 Å². The summed E-state index contributed by atoms with van der Waals surface area (Å²) in [6, 6.07) is 10.4. The van der Waals surface area contributed by atoms with E-state index in [1.165, 1.54) is 19.2 Å². The minimum atomic E-state index is -0.459. The first-order chi connectivity index (χ1) is 11.8. The number of ether oxygens (including phenoxy) is 1. The summed E-state index contributed by atoms with van der Waals surface area (Å²) in [5, 5.41) is 2.89. The lowest BCUT2D eigenvalue weighted by molar-refractivity contribution is -0.112. The van der Waals surface area contributed by atoms with Crippen molar-refractivity contribution in [3.63, 3.8) is 0 Å². The second-order valence-corrected chi connectivity index (χ2v) is 6.07. The van der Waals surface area contributed by atoms with Gasteiger partial charge in [-0.1, -0.05) is 6.07 Å². The van der Waals surface area contributed by atoms with E-state index in [2.05, 4.69) is 5.32 Å². The van der Waals surface area contributed by atoms with Crippen molar-refractivity contribution in [1.29, 1.82) is 0 Å². The van der Waals surface area contributed by atoms with Crippen LogP contribution in [0.4, 0.5) is 15.8 Å². The van der Waals surface area contributed by atoms with Gasteiger partial charge in [-0.3, -0.25) is 4.79 Å². The van der Waals surface area contributed by atoms with Gasteiger partial charge >= 0.3 is 0 Å². The van der Waals surface area contributed by atoms with Gasteiger partial charge in [-0.15, -0.1) is 0 Å². The summed E-state index contributed by atoms with van der Waals surface area (Å²) < 4.78 is 18.6. The number of hydrogen-bond acceptors (Lipinski definition) is 3. The summed E-state index contributed by atoms with van der Waals surface area (Å²) in [6.45, 7) is 3.64. The van der Waals surface area contributed by atoms with Crippen molar-refractivity contribution in [2.45, 2.75) is 13.8 Å². The molecule has 0 heterocycles. The predicted octanol–water partition coefficient (Wildman–Crippen LogP) is 4.25. The molecule has 132 valence electrons. The first kappa shape index (κ1) is 18.5. The van der Waals surface area contributed by atoms with Crippen LogP contribution in [0.15, 0.2) is 42.0 Å². The fourth-order valence-corrected chi connectivity index (χ4v) is 2.38. The lowest BCUT2D eigenvalue weighted by Gasteiger charge is -2.15. The van der Waals surface area contributed by atoms with Crippen molar-refractivity contribution < 1.29 is 13.9 Å². The Kier molecular flexibility index (Phi) is 5.80. The zero-order valence-electron chi connectivity index (χ0n) is 15.2. The highest BCUT2D eigenvalue weighted by atomic mass is 19.1. The van der Waals surface area contributed by atoms with E-state index < -0.39 is 5.82 Å². The molecule has 0 aliphatic carbocycles. The Labute approximate surface area is 147 Å². The van der Waals surface area contributed by atoms with Crippen molar-refractivity contribution >= 4 is 23.4 Å². The molecule has 1 N–H and O–H groups in total. The third-order valence-corrected chi connectivity index (χ3v) is 3.89. The Morgan fingerprint density at radius 3 is 2.48 bits per heavy atom. The van der Waals surface area contributed by atoms with E-state index in [4.69, 9.17) is 4.74 Å². The van der Waals surface area contributed by atoms with Crippen LogP contribution in [0.25, 0.3) is 6.08 Å². The van der Waals surface area contributed by atoms with Gasteiger partial charge in [0.05, 0.1) is 7.11 Å². The Bertz CT molecular complexity index is 813. The number of anilines is 2. The second-order valence-electron chi connectivity index (χ2n) is 6.07. The smallest absolute Gasteiger partial charge is 0.251 e. The molecule has 0 radical (unpaired) electrons. The third kappa shape index (κ3) is 4.59. The molecule has 0 spiro atoms. The summed E-state index contributed by atoms with van der Waals surface area (Å²) in [5.41, 5.74) is 3.88. The zero-order valence-corrected chi connectivity index (χ0v) is 15.2. The average molecular weight is 342 g/mol. The van der Waals surface area contributed by atoms with Crippen LogP contribution in [-0.4, -0.2) is 27.1 Å². The molecule has 2 aromatic carbocycles. The van der Waals surface area contributed by atoms with Crippen LogP contribution in [0.3, 0.4) is 0 Å².